The van der Waals surface area contributed by atoms with E-state index in [-0.39, 0.29) is 5.97 Å². The zero-order valence-electron chi connectivity index (χ0n) is 10.2. The lowest BCUT2D eigenvalue weighted by Crippen LogP contribution is -2.08. The molecule has 2 aromatic carbocycles. The van der Waals surface area contributed by atoms with Crippen molar-refractivity contribution in [1.82, 2.24) is 0 Å². The maximum absolute atomic E-state index is 11.7. The number of carbonyl (C=O) groups is 1. The molecule has 3 nitrogen and oxygen atoms in total. The van der Waals surface area contributed by atoms with Gasteiger partial charge in [0, 0.05) is 5.56 Å². The van der Waals surface area contributed by atoms with Crippen LogP contribution in [-0.2, 0) is 4.74 Å². The summed E-state index contributed by atoms with van der Waals surface area (Å²) in [5, 5.41) is 0. The molecule has 0 aliphatic rings. The van der Waals surface area contributed by atoms with Crippen LogP contribution in [-0.4, -0.2) is 12.6 Å². The van der Waals surface area contributed by atoms with Gasteiger partial charge in [0.05, 0.1) is 17.9 Å². The number of nitrogen functional groups attached to an aromatic ring is 1. The largest absolute Gasteiger partial charge is 0.462 e. The second-order valence-corrected chi connectivity index (χ2v) is 3.85. The first-order chi connectivity index (χ1) is 8.74. The van der Waals surface area contributed by atoms with E-state index in [4.69, 9.17) is 10.5 Å². The highest BCUT2D eigenvalue weighted by Crippen LogP contribution is 2.28. The van der Waals surface area contributed by atoms with Gasteiger partial charge in [-0.3, -0.25) is 0 Å². The molecule has 0 radical (unpaired) electrons. The molecular weight excluding hydrogens is 226 g/mol. The molecule has 0 atom stereocenters. The Morgan fingerprint density at radius 2 is 1.83 bits per heavy atom. The molecule has 0 aliphatic carbocycles. The topological polar surface area (TPSA) is 52.3 Å². The van der Waals surface area contributed by atoms with Crippen LogP contribution in [0.25, 0.3) is 11.1 Å². The average molecular weight is 241 g/mol. The van der Waals surface area contributed by atoms with Gasteiger partial charge in [-0.2, -0.15) is 0 Å². The van der Waals surface area contributed by atoms with Crippen molar-refractivity contribution in [2.24, 2.45) is 0 Å². The molecule has 0 spiro atoms. The summed E-state index contributed by atoms with van der Waals surface area (Å²) in [7, 11) is 0. The fourth-order valence-corrected chi connectivity index (χ4v) is 1.82. The smallest absolute Gasteiger partial charge is 0.340 e. The first kappa shape index (κ1) is 12.2. The van der Waals surface area contributed by atoms with E-state index in [2.05, 4.69) is 0 Å². The average Bonchev–Trinajstić information content (AvgIpc) is 2.40. The monoisotopic (exact) mass is 241 g/mol. The molecule has 0 aromatic heterocycles. The van der Waals surface area contributed by atoms with Gasteiger partial charge in [0.2, 0.25) is 0 Å². The van der Waals surface area contributed by atoms with Gasteiger partial charge in [0.1, 0.15) is 0 Å². The van der Waals surface area contributed by atoms with Crippen molar-refractivity contribution >= 4 is 11.7 Å². The van der Waals surface area contributed by atoms with Gasteiger partial charge in [-0.15, -0.1) is 0 Å². The number of hydrogen-bond donors (Lipinski definition) is 1. The van der Waals surface area contributed by atoms with Gasteiger partial charge in [-0.1, -0.05) is 42.5 Å². The minimum atomic E-state index is -0.382. The van der Waals surface area contributed by atoms with Crippen molar-refractivity contribution in [3.05, 3.63) is 54.1 Å². The van der Waals surface area contributed by atoms with Gasteiger partial charge in [0.25, 0.3) is 0 Å². The van der Waals surface area contributed by atoms with Crippen LogP contribution < -0.4 is 5.73 Å². The van der Waals surface area contributed by atoms with Crippen LogP contribution in [0.15, 0.2) is 48.5 Å². The fraction of sp³-hybridized carbons (Fsp3) is 0.133. The number of anilines is 1. The van der Waals surface area contributed by atoms with E-state index in [9.17, 15) is 4.79 Å². The van der Waals surface area contributed by atoms with Crippen molar-refractivity contribution in [2.75, 3.05) is 12.3 Å². The molecule has 2 aromatic rings. The first-order valence-electron chi connectivity index (χ1n) is 5.85. The highest BCUT2D eigenvalue weighted by Gasteiger charge is 2.13. The van der Waals surface area contributed by atoms with Crippen molar-refractivity contribution in [3.63, 3.8) is 0 Å². The second kappa shape index (κ2) is 5.36. The molecule has 0 unspecified atom stereocenters. The van der Waals surface area contributed by atoms with Gasteiger partial charge in [-0.25, -0.2) is 4.79 Å². The Morgan fingerprint density at radius 3 is 2.50 bits per heavy atom. The molecule has 0 saturated heterocycles. The van der Waals surface area contributed by atoms with E-state index in [0.29, 0.717) is 17.9 Å². The predicted octanol–water partition coefficient (Wildman–Crippen LogP) is 3.11. The van der Waals surface area contributed by atoms with Crippen LogP contribution in [0.2, 0.25) is 0 Å². The van der Waals surface area contributed by atoms with Crippen molar-refractivity contribution < 1.29 is 9.53 Å². The molecular formula is C15H15NO2. The van der Waals surface area contributed by atoms with Crippen LogP contribution in [0.4, 0.5) is 5.69 Å². The standard InChI is InChI=1S/C15H15NO2/c1-2-18-15(17)13-10-6-9-12(14(13)16)11-7-4-3-5-8-11/h3-10H,2,16H2,1H3. The molecule has 0 heterocycles. The molecule has 3 heteroatoms. The number of ether oxygens (including phenoxy) is 1. The molecule has 2 rings (SSSR count). The van der Waals surface area contributed by atoms with Crippen molar-refractivity contribution in [3.8, 4) is 11.1 Å². The van der Waals surface area contributed by atoms with E-state index in [1.165, 1.54) is 0 Å². The lowest BCUT2D eigenvalue weighted by molar-refractivity contribution is 0.0527. The summed E-state index contributed by atoms with van der Waals surface area (Å²) in [5.41, 5.74) is 8.76. The molecule has 18 heavy (non-hydrogen) atoms. The van der Waals surface area contributed by atoms with Gasteiger partial charge < -0.3 is 10.5 Å². The maximum atomic E-state index is 11.7. The van der Waals surface area contributed by atoms with E-state index in [0.717, 1.165) is 11.1 Å². The molecule has 0 bridgehead atoms. The lowest BCUT2D eigenvalue weighted by atomic mass is 10.0. The summed E-state index contributed by atoms with van der Waals surface area (Å²) in [6.45, 7) is 2.11. The van der Waals surface area contributed by atoms with Gasteiger partial charge >= 0.3 is 5.97 Å². The van der Waals surface area contributed by atoms with Crippen LogP contribution >= 0.6 is 0 Å². The Bertz CT molecular complexity index is 550. The number of nitrogens with two attached hydrogens (primary N) is 1. The Kier molecular flexibility index (Phi) is 3.63. The fourth-order valence-electron chi connectivity index (χ4n) is 1.82. The zero-order chi connectivity index (χ0) is 13.0. The first-order valence-corrected chi connectivity index (χ1v) is 5.85. The number of rotatable bonds is 3. The zero-order valence-corrected chi connectivity index (χ0v) is 10.2. The predicted molar refractivity (Wildman–Crippen MR) is 72.2 cm³/mol. The van der Waals surface area contributed by atoms with Crippen molar-refractivity contribution in [1.29, 1.82) is 0 Å². The lowest BCUT2D eigenvalue weighted by Gasteiger charge is -2.10. The molecule has 0 saturated carbocycles. The van der Waals surface area contributed by atoms with Crippen LogP contribution in [0.3, 0.4) is 0 Å². The van der Waals surface area contributed by atoms with E-state index >= 15 is 0 Å². The Balaban J connectivity index is 2.46. The maximum Gasteiger partial charge on any atom is 0.340 e. The highest BCUT2D eigenvalue weighted by molar-refractivity contribution is 5.99. The Morgan fingerprint density at radius 1 is 1.11 bits per heavy atom. The summed E-state index contributed by atoms with van der Waals surface area (Å²) in [4.78, 5) is 11.7. The molecule has 0 amide bonds. The minimum absolute atomic E-state index is 0.341. The van der Waals surface area contributed by atoms with Crippen LogP contribution in [0, 0.1) is 0 Å². The van der Waals surface area contributed by atoms with E-state index in [1.807, 2.05) is 42.5 Å². The third kappa shape index (κ3) is 2.35. The van der Waals surface area contributed by atoms with Crippen LogP contribution in [0.1, 0.15) is 17.3 Å². The quantitative estimate of drug-likeness (QED) is 0.663. The SMILES string of the molecule is CCOC(=O)c1cccc(-c2ccccc2)c1N. The summed E-state index contributed by atoms with van der Waals surface area (Å²) in [6.07, 6.45) is 0. The summed E-state index contributed by atoms with van der Waals surface area (Å²) in [6, 6.07) is 15.1. The normalized spacial score (nSPS) is 10.1. The highest BCUT2D eigenvalue weighted by atomic mass is 16.5. The van der Waals surface area contributed by atoms with E-state index in [1.54, 1.807) is 13.0 Å². The Labute approximate surface area is 106 Å². The third-order valence-electron chi connectivity index (χ3n) is 2.69. The summed E-state index contributed by atoms with van der Waals surface area (Å²) >= 11 is 0. The number of carbonyl (C=O) groups excluding carboxylic acids is 1. The number of hydrogen-bond acceptors (Lipinski definition) is 3. The molecule has 2 N–H and O–H groups in total. The molecule has 92 valence electrons. The van der Waals surface area contributed by atoms with Crippen LogP contribution in [0.5, 0.6) is 0 Å². The van der Waals surface area contributed by atoms with Gasteiger partial charge in [-0.05, 0) is 18.6 Å². The third-order valence-corrected chi connectivity index (χ3v) is 2.69. The Hall–Kier alpha value is -2.29. The van der Waals surface area contributed by atoms with E-state index < -0.39 is 0 Å². The summed E-state index contributed by atoms with van der Waals surface area (Å²) in [5.74, 6) is -0.382. The minimum Gasteiger partial charge on any atom is -0.462 e. The number of benzene rings is 2. The molecule has 0 fully saturated rings. The van der Waals surface area contributed by atoms with Crippen molar-refractivity contribution in [2.45, 2.75) is 6.92 Å². The summed E-state index contributed by atoms with van der Waals surface area (Å²) < 4.78 is 4.98. The molecule has 0 aliphatic heterocycles. The van der Waals surface area contributed by atoms with Gasteiger partial charge in [0.15, 0.2) is 0 Å². The number of para-hydroxylation sites is 1. The number of esters is 1. The second-order valence-electron chi connectivity index (χ2n) is 3.85.